The molecule has 0 bridgehead atoms. The first-order valence-corrected chi connectivity index (χ1v) is 12.9. The number of nitrogens with zero attached hydrogens (tertiary/aromatic N) is 2. The lowest BCUT2D eigenvalue weighted by atomic mass is 9.95. The van der Waals surface area contributed by atoms with Gasteiger partial charge in [-0.2, -0.15) is 0 Å². The number of aromatic nitrogens is 1. The van der Waals surface area contributed by atoms with E-state index in [0.717, 1.165) is 0 Å². The number of ether oxygens (including phenoxy) is 4. The number of hydrogen-bond acceptors (Lipinski definition) is 9. The average molecular weight is 585 g/mol. The summed E-state index contributed by atoms with van der Waals surface area (Å²) < 4.78 is 24.0. The summed E-state index contributed by atoms with van der Waals surface area (Å²) in [6.45, 7) is 5.07. The van der Waals surface area contributed by atoms with Gasteiger partial charge in [0.25, 0.3) is 5.56 Å². The third-order valence-corrected chi connectivity index (χ3v) is 7.34. The van der Waals surface area contributed by atoms with Crippen LogP contribution in [0.2, 0.25) is 0 Å². The molecule has 1 atom stereocenters. The number of fused-ring (bicyclic) bond motifs is 2. The van der Waals surface area contributed by atoms with E-state index in [4.69, 9.17) is 18.9 Å². The normalized spacial score (nSPS) is 16.3. The highest BCUT2D eigenvalue weighted by Crippen LogP contribution is 2.38. The van der Waals surface area contributed by atoms with Crippen molar-refractivity contribution in [2.24, 2.45) is 4.99 Å². The van der Waals surface area contributed by atoms with Crippen LogP contribution in [0.5, 0.6) is 17.2 Å². The van der Waals surface area contributed by atoms with Gasteiger partial charge >= 0.3 is 11.9 Å². The molecule has 0 saturated carbocycles. The van der Waals surface area contributed by atoms with Crippen molar-refractivity contribution < 1.29 is 28.5 Å². The van der Waals surface area contributed by atoms with Crippen molar-refractivity contribution in [2.75, 3.05) is 13.4 Å². The summed E-state index contributed by atoms with van der Waals surface area (Å²) in [6.07, 6.45) is 1.73. The van der Waals surface area contributed by atoms with E-state index in [1.54, 1.807) is 56.3 Å². The Labute approximate surface area is 223 Å². The van der Waals surface area contributed by atoms with Gasteiger partial charge in [0.15, 0.2) is 16.3 Å². The second-order valence-electron chi connectivity index (χ2n) is 8.20. The van der Waals surface area contributed by atoms with Crippen LogP contribution in [0.3, 0.4) is 0 Å². The average Bonchev–Trinajstić information content (AvgIpc) is 3.43. The Morgan fingerprint density at radius 1 is 1.22 bits per heavy atom. The molecule has 0 radical (unpaired) electrons. The Hall–Kier alpha value is -3.70. The van der Waals surface area contributed by atoms with Gasteiger partial charge in [0, 0.05) is 6.92 Å². The topological polar surface area (TPSA) is 105 Å². The summed E-state index contributed by atoms with van der Waals surface area (Å²) in [7, 11) is 0. The molecule has 0 unspecified atom stereocenters. The maximum atomic E-state index is 13.7. The lowest BCUT2D eigenvalue weighted by Gasteiger charge is -2.24. The lowest BCUT2D eigenvalue weighted by Crippen LogP contribution is -2.39. The standard InChI is InChI=1S/C26H21BrN2O7S/c1-4-33-25(32)22-13(2)28-26-29(23(22)16-6-8-19-20(11-16)35-12-34-19)24(31)21(37-26)10-15-5-7-18(17(27)9-15)36-14(3)30/h5-11,23H,4,12H2,1-3H3/b21-10-/t23-/m1/s1. The lowest BCUT2D eigenvalue weighted by molar-refractivity contribution is -0.139. The zero-order valence-corrected chi connectivity index (χ0v) is 22.5. The Morgan fingerprint density at radius 3 is 2.73 bits per heavy atom. The molecule has 190 valence electrons. The number of allylic oxidation sites excluding steroid dienone is 1. The van der Waals surface area contributed by atoms with Crippen LogP contribution in [-0.2, 0) is 14.3 Å². The molecule has 5 rings (SSSR count). The first kappa shape index (κ1) is 25.0. The summed E-state index contributed by atoms with van der Waals surface area (Å²) in [5.74, 6) is 0.542. The minimum Gasteiger partial charge on any atom is -0.463 e. The smallest absolute Gasteiger partial charge is 0.338 e. The number of carbonyl (C=O) groups is 2. The molecular formula is C26H21BrN2O7S. The molecule has 2 aromatic carbocycles. The van der Waals surface area contributed by atoms with E-state index in [1.165, 1.54) is 22.8 Å². The van der Waals surface area contributed by atoms with Crippen LogP contribution in [0.25, 0.3) is 6.08 Å². The molecule has 0 saturated heterocycles. The van der Waals surface area contributed by atoms with E-state index in [-0.39, 0.29) is 24.5 Å². The minimum absolute atomic E-state index is 0.104. The van der Waals surface area contributed by atoms with E-state index in [2.05, 4.69) is 20.9 Å². The van der Waals surface area contributed by atoms with Crippen LogP contribution < -0.4 is 29.1 Å². The van der Waals surface area contributed by atoms with Gasteiger partial charge in [-0.05, 0) is 71.2 Å². The van der Waals surface area contributed by atoms with E-state index in [0.29, 0.717) is 47.9 Å². The first-order chi connectivity index (χ1) is 17.8. The van der Waals surface area contributed by atoms with Crippen LogP contribution in [-0.4, -0.2) is 29.9 Å². The van der Waals surface area contributed by atoms with Crippen molar-refractivity contribution in [1.29, 1.82) is 0 Å². The van der Waals surface area contributed by atoms with Gasteiger partial charge < -0.3 is 18.9 Å². The summed E-state index contributed by atoms with van der Waals surface area (Å²) >= 11 is 4.62. The molecule has 1 aromatic heterocycles. The fraction of sp³-hybridized carbons (Fsp3) is 0.231. The molecule has 11 heteroatoms. The van der Waals surface area contributed by atoms with Gasteiger partial charge in [0.05, 0.1) is 32.9 Å². The molecule has 2 aliphatic heterocycles. The number of esters is 2. The van der Waals surface area contributed by atoms with Crippen molar-refractivity contribution in [3.05, 3.63) is 83.0 Å². The minimum atomic E-state index is -0.759. The Kier molecular flexibility index (Phi) is 6.74. The van der Waals surface area contributed by atoms with Gasteiger partial charge in [-0.25, -0.2) is 9.79 Å². The maximum absolute atomic E-state index is 13.7. The zero-order valence-electron chi connectivity index (χ0n) is 20.1. The van der Waals surface area contributed by atoms with Gasteiger partial charge in [-0.3, -0.25) is 14.2 Å². The summed E-state index contributed by atoms with van der Waals surface area (Å²) in [6, 6.07) is 9.71. The van der Waals surface area contributed by atoms with Crippen molar-refractivity contribution in [2.45, 2.75) is 26.8 Å². The zero-order chi connectivity index (χ0) is 26.3. The van der Waals surface area contributed by atoms with E-state index >= 15 is 0 Å². The Balaban J connectivity index is 1.66. The van der Waals surface area contributed by atoms with Crippen molar-refractivity contribution in [3.8, 4) is 17.2 Å². The fourth-order valence-electron chi connectivity index (χ4n) is 4.19. The summed E-state index contributed by atoms with van der Waals surface area (Å²) in [5, 5.41) is 0. The summed E-state index contributed by atoms with van der Waals surface area (Å²) in [4.78, 5) is 43.1. The molecular weight excluding hydrogens is 564 g/mol. The van der Waals surface area contributed by atoms with Crippen molar-refractivity contribution >= 4 is 45.3 Å². The van der Waals surface area contributed by atoms with E-state index in [9.17, 15) is 14.4 Å². The largest absolute Gasteiger partial charge is 0.463 e. The SMILES string of the molecule is CCOC(=O)C1=C(C)N=c2s/c(=C\c3ccc(OC(C)=O)c(Br)c3)c(=O)n2[C@@H]1c1ccc2c(c1)OCO2. The molecule has 0 fully saturated rings. The monoisotopic (exact) mass is 584 g/mol. The van der Waals surface area contributed by atoms with Crippen LogP contribution in [0, 0.1) is 0 Å². The highest BCUT2D eigenvalue weighted by molar-refractivity contribution is 9.10. The predicted octanol–water partition coefficient (Wildman–Crippen LogP) is 3.21. The number of halogens is 1. The number of rotatable bonds is 5. The number of benzene rings is 2. The molecule has 0 spiro atoms. The van der Waals surface area contributed by atoms with Gasteiger partial charge in [-0.15, -0.1) is 0 Å². The molecule has 0 aliphatic carbocycles. The van der Waals surface area contributed by atoms with Crippen molar-refractivity contribution in [1.82, 2.24) is 4.57 Å². The van der Waals surface area contributed by atoms with E-state index < -0.39 is 18.0 Å². The van der Waals surface area contributed by atoms with Crippen LogP contribution in [0.15, 0.2) is 61.9 Å². The van der Waals surface area contributed by atoms with Crippen LogP contribution >= 0.6 is 27.3 Å². The summed E-state index contributed by atoms with van der Waals surface area (Å²) in [5.41, 5.74) is 1.84. The highest BCUT2D eigenvalue weighted by Gasteiger charge is 2.34. The molecule has 37 heavy (non-hydrogen) atoms. The van der Waals surface area contributed by atoms with Crippen LogP contribution in [0.4, 0.5) is 0 Å². The number of carbonyl (C=O) groups excluding carboxylic acids is 2. The number of hydrogen-bond donors (Lipinski definition) is 0. The molecule has 0 N–H and O–H groups in total. The fourth-order valence-corrected chi connectivity index (χ4v) is 5.71. The molecule has 2 aliphatic rings. The van der Waals surface area contributed by atoms with E-state index in [1.807, 2.05) is 0 Å². The van der Waals surface area contributed by atoms with Gasteiger partial charge in [0.2, 0.25) is 6.79 Å². The first-order valence-electron chi connectivity index (χ1n) is 11.3. The second kappa shape index (κ2) is 9.98. The Morgan fingerprint density at radius 2 is 2.00 bits per heavy atom. The predicted molar refractivity (Wildman–Crippen MR) is 138 cm³/mol. The van der Waals surface area contributed by atoms with Crippen LogP contribution in [0.1, 0.15) is 37.9 Å². The quantitative estimate of drug-likeness (QED) is 0.335. The van der Waals surface area contributed by atoms with Gasteiger partial charge in [0.1, 0.15) is 5.75 Å². The highest BCUT2D eigenvalue weighted by atomic mass is 79.9. The molecule has 9 nitrogen and oxygen atoms in total. The third-order valence-electron chi connectivity index (χ3n) is 5.74. The third kappa shape index (κ3) is 4.72. The number of thiazole rings is 1. The maximum Gasteiger partial charge on any atom is 0.338 e. The van der Waals surface area contributed by atoms with Crippen molar-refractivity contribution in [3.63, 3.8) is 0 Å². The van der Waals surface area contributed by atoms with Gasteiger partial charge in [-0.1, -0.05) is 23.5 Å². The Bertz CT molecular complexity index is 1650. The molecule has 3 aromatic rings. The molecule has 0 amide bonds. The second-order valence-corrected chi connectivity index (χ2v) is 10.1. The molecule has 3 heterocycles.